The van der Waals surface area contributed by atoms with Gasteiger partial charge in [-0.15, -0.1) is 0 Å². The van der Waals surface area contributed by atoms with Crippen molar-refractivity contribution in [1.82, 2.24) is 9.80 Å². The summed E-state index contributed by atoms with van der Waals surface area (Å²) in [5.41, 5.74) is 7.47. The SMILES string of the molecule is N[C@@H](Cc1ccccc1)C(=O)N1CCCN(C(=O)c2cccc(F)c2)CC1. The number of nitrogens with zero attached hydrogens (tertiary/aromatic N) is 2. The van der Waals surface area contributed by atoms with Crippen molar-refractivity contribution in [2.75, 3.05) is 26.2 Å². The molecule has 0 aliphatic carbocycles. The highest BCUT2D eigenvalue weighted by Gasteiger charge is 2.26. The van der Waals surface area contributed by atoms with E-state index in [9.17, 15) is 14.0 Å². The molecule has 0 aromatic heterocycles. The van der Waals surface area contributed by atoms with Gasteiger partial charge in [-0.2, -0.15) is 0 Å². The normalized spacial score (nSPS) is 15.9. The van der Waals surface area contributed by atoms with Gasteiger partial charge >= 0.3 is 0 Å². The first-order valence-corrected chi connectivity index (χ1v) is 9.18. The highest BCUT2D eigenvalue weighted by Crippen LogP contribution is 2.12. The maximum atomic E-state index is 13.4. The number of carbonyl (C=O) groups is 2. The van der Waals surface area contributed by atoms with Crippen LogP contribution in [0, 0.1) is 5.82 Å². The van der Waals surface area contributed by atoms with Crippen molar-refractivity contribution in [3.63, 3.8) is 0 Å². The molecule has 1 atom stereocenters. The minimum atomic E-state index is -0.599. The zero-order valence-electron chi connectivity index (χ0n) is 15.2. The van der Waals surface area contributed by atoms with Crippen LogP contribution in [-0.4, -0.2) is 53.8 Å². The summed E-state index contributed by atoms with van der Waals surface area (Å²) < 4.78 is 13.4. The lowest BCUT2D eigenvalue weighted by atomic mass is 10.1. The number of hydrogen-bond acceptors (Lipinski definition) is 3. The zero-order chi connectivity index (χ0) is 19.2. The summed E-state index contributed by atoms with van der Waals surface area (Å²) in [6.45, 7) is 1.95. The van der Waals surface area contributed by atoms with Crippen molar-refractivity contribution in [2.24, 2.45) is 5.73 Å². The molecule has 0 spiro atoms. The van der Waals surface area contributed by atoms with Crippen LogP contribution in [0.2, 0.25) is 0 Å². The quantitative estimate of drug-likeness (QED) is 0.897. The summed E-state index contributed by atoms with van der Waals surface area (Å²) in [5, 5.41) is 0. The first-order valence-electron chi connectivity index (χ1n) is 9.18. The van der Waals surface area contributed by atoms with Crippen LogP contribution in [0.3, 0.4) is 0 Å². The van der Waals surface area contributed by atoms with Gasteiger partial charge in [0.2, 0.25) is 5.91 Å². The first kappa shape index (κ1) is 19.0. The Morgan fingerprint density at radius 3 is 2.41 bits per heavy atom. The Morgan fingerprint density at radius 1 is 0.963 bits per heavy atom. The van der Waals surface area contributed by atoms with Crippen LogP contribution in [-0.2, 0) is 11.2 Å². The fourth-order valence-corrected chi connectivity index (χ4v) is 3.33. The fourth-order valence-electron chi connectivity index (χ4n) is 3.33. The average Bonchev–Trinajstić information content (AvgIpc) is 2.94. The Bertz CT molecular complexity index is 797. The second kappa shape index (κ2) is 8.77. The van der Waals surface area contributed by atoms with Gasteiger partial charge in [-0.05, 0) is 36.6 Å². The number of halogens is 1. The molecule has 2 aromatic carbocycles. The average molecular weight is 369 g/mol. The number of nitrogens with two attached hydrogens (primary N) is 1. The van der Waals surface area contributed by atoms with E-state index in [0.717, 1.165) is 5.56 Å². The Morgan fingerprint density at radius 2 is 1.67 bits per heavy atom. The van der Waals surface area contributed by atoms with E-state index >= 15 is 0 Å². The molecule has 0 radical (unpaired) electrons. The van der Waals surface area contributed by atoms with Gasteiger partial charge in [0, 0.05) is 31.7 Å². The molecular formula is C21H24FN3O2. The summed E-state index contributed by atoms with van der Waals surface area (Å²) in [6.07, 6.45) is 1.16. The second-order valence-corrected chi connectivity index (χ2v) is 6.78. The van der Waals surface area contributed by atoms with Crippen molar-refractivity contribution < 1.29 is 14.0 Å². The van der Waals surface area contributed by atoms with Crippen LogP contribution in [0.15, 0.2) is 54.6 Å². The summed E-state index contributed by atoms with van der Waals surface area (Å²) in [5.74, 6) is -0.740. The van der Waals surface area contributed by atoms with Gasteiger partial charge in [0.25, 0.3) is 5.91 Å². The van der Waals surface area contributed by atoms with E-state index in [2.05, 4.69) is 0 Å². The predicted molar refractivity (Wildman–Crippen MR) is 102 cm³/mol. The molecule has 0 bridgehead atoms. The van der Waals surface area contributed by atoms with E-state index in [4.69, 9.17) is 5.73 Å². The van der Waals surface area contributed by atoms with E-state index in [1.807, 2.05) is 30.3 Å². The standard InChI is InChI=1S/C21H24FN3O2/c22-18-9-4-8-17(15-18)20(26)24-10-5-11-25(13-12-24)21(27)19(23)14-16-6-2-1-3-7-16/h1-4,6-9,15,19H,5,10-14,23H2/t19-/m0/s1. The van der Waals surface area contributed by atoms with Gasteiger partial charge in [-0.3, -0.25) is 9.59 Å². The molecule has 5 nitrogen and oxygen atoms in total. The van der Waals surface area contributed by atoms with E-state index in [-0.39, 0.29) is 11.8 Å². The van der Waals surface area contributed by atoms with Crippen LogP contribution < -0.4 is 5.73 Å². The third kappa shape index (κ3) is 4.92. The third-order valence-corrected chi connectivity index (χ3v) is 4.78. The Balaban J connectivity index is 1.59. The number of carbonyl (C=O) groups excluding carboxylic acids is 2. The van der Waals surface area contributed by atoms with Crippen molar-refractivity contribution in [2.45, 2.75) is 18.9 Å². The van der Waals surface area contributed by atoms with Crippen LogP contribution in [0.1, 0.15) is 22.3 Å². The van der Waals surface area contributed by atoms with Crippen LogP contribution in [0.25, 0.3) is 0 Å². The lowest BCUT2D eigenvalue weighted by Gasteiger charge is -2.25. The predicted octanol–water partition coefficient (Wildman–Crippen LogP) is 2.07. The van der Waals surface area contributed by atoms with Crippen molar-refractivity contribution in [3.8, 4) is 0 Å². The molecule has 1 aliphatic rings. The van der Waals surface area contributed by atoms with Crippen molar-refractivity contribution in [3.05, 3.63) is 71.5 Å². The summed E-state index contributed by atoms with van der Waals surface area (Å²) in [6, 6.07) is 14.8. The molecule has 27 heavy (non-hydrogen) atoms. The van der Waals surface area contributed by atoms with Crippen molar-refractivity contribution in [1.29, 1.82) is 0 Å². The monoisotopic (exact) mass is 369 g/mol. The Labute approximate surface area is 158 Å². The summed E-state index contributed by atoms with van der Waals surface area (Å²) in [7, 11) is 0. The lowest BCUT2D eigenvalue weighted by molar-refractivity contribution is -0.132. The number of amides is 2. The second-order valence-electron chi connectivity index (χ2n) is 6.78. The van der Waals surface area contributed by atoms with Crippen molar-refractivity contribution >= 4 is 11.8 Å². The molecule has 1 fully saturated rings. The van der Waals surface area contributed by atoms with E-state index < -0.39 is 11.9 Å². The van der Waals surface area contributed by atoms with Crippen LogP contribution >= 0.6 is 0 Å². The topological polar surface area (TPSA) is 66.6 Å². The Hall–Kier alpha value is -2.73. The minimum absolute atomic E-state index is 0.0982. The number of rotatable bonds is 4. The molecule has 0 unspecified atom stereocenters. The van der Waals surface area contributed by atoms with Crippen LogP contribution in [0.4, 0.5) is 4.39 Å². The minimum Gasteiger partial charge on any atom is -0.339 e. The van der Waals surface area contributed by atoms with Gasteiger partial charge in [-0.1, -0.05) is 36.4 Å². The number of hydrogen-bond donors (Lipinski definition) is 1. The molecule has 1 aliphatic heterocycles. The van der Waals surface area contributed by atoms with Gasteiger partial charge in [0.1, 0.15) is 5.82 Å². The molecule has 0 saturated carbocycles. The van der Waals surface area contributed by atoms with Gasteiger partial charge in [0.15, 0.2) is 0 Å². The largest absolute Gasteiger partial charge is 0.339 e. The smallest absolute Gasteiger partial charge is 0.254 e. The molecule has 3 rings (SSSR count). The molecule has 1 heterocycles. The van der Waals surface area contributed by atoms with E-state index in [0.29, 0.717) is 44.6 Å². The summed E-state index contributed by atoms with van der Waals surface area (Å²) >= 11 is 0. The maximum absolute atomic E-state index is 13.4. The molecule has 6 heteroatoms. The fraction of sp³-hybridized carbons (Fsp3) is 0.333. The zero-order valence-corrected chi connectivity index (χ0v) is 15.2. The summed E-state index contributed by atoms with van der Waals surface area (Å²) in [4.78, 5) is 28.7. The third-order valence-electron chi connectivity index (χ3n) is 4.78. The highest BCUT2D eigenvalue weighted by atomic mass is 19.1. The van der Waals surface area contributed by atoms with Crippen LogP contribution in [0.5, 0.6) is 0 Å². The molecule has 2 aromatic rings. The number of benzene rings is 2. The molecule has 1 saturated heterocycles. The van der Waals surface area contributed by atoms with E-state index in [1.54, 1.807) is 15.9 Å². The lowest BCUT2D eigenvalue weighted by Crippen LogP contribution is -2.46. The van der Waals surface area contributed by atoms with Gasteiger partial charge in [0.05, 0.1) is 6.04 Å². The molecule has 2 N–H and O–H groups in total. The molecular weight excluding hydrogens is 345 g/mol. The van der Waals surface area contributed by atoms with Gasteiger partial charge < -0.3 is 15.5 Å². The highest BCUT2D eigenvalue weighted by molar-refractivity contribution is 5.94. The first-order chi connectivity index (χ1) is 13.0. The molecule has 142 valence electrons. The van der Waals surface area contributed by atoms with Gasteiger partial charge in [-0.25, -0.2) is 4.39 Å². The Kier molecular flexibility index (Phi) is 6.19. The molecule has 2 amide bonds. The van der Waals surface area contributed by atoms with E-state index in [1.165, 1.54) is 18.2 Å². The maximum Gasteiger partial charge on any atom is 0.254 e.